The molecule has 0 unspecified atom stereocenters. The Hall–Kier alpha value is -2.66. The minimum atomic E-state index is -1.12. The van der Waals surface area contributed by atoms with Gasteiger partial charge in [-0.3, -0.25) is 9.59 Å². The standard InChI is InChI=1S/C26H38N2O8/c1-4-7-21(31)28(9-6-11-35-5-2)19-14-18(26(33)27-8-10-29)22-17-12-16(15-30)13-20(34-3)24(17)36-25(22)23(19)32/h12-14,19,22-23,25,29-30,32H,4-11,15H2,1-3H3,(H,27,33)/t19-,22+,23+,25+/m1/s1. The molecule has 200 valence electrons. The molecule has 1 heterocycles. The maximum Gasteiger partial charge on any atom is 0.247 e. The Kier molecular flexibility index (Phi) is 10.1. The molecule has 10 heteroatoms. The summed E-state index contributed by atoms with van der Waals surface area (Å²) in [6.07, 6.45) is 1.20. The van der Waals surface area contributed by atoms with E-state index in [4.69, 9.17) is 14.2 Å². The third-order valence-corrected chi connectivity index (χ3v) is 6.53. The molecule has 10 nitrogen and oxygen atoms in total. The molecule has 4 N–H and O–H groups in total. The van der Waals surface area contributed by atoms with Crippen LogP contribution >= 0.6 is 0 Å². The summed E-state index contributed by atoms with van der Waals surface area (Å²) >= 11 is 0. The molecule has 2 amide bonds. The second-order valence-corrected chi connectivity index (χ2v) is 8.90. The fourth-order valence-electron chi connectivity index (χ4n) is 4.90. The average Bonchev–Trinajstić information content (AvgIpc) is 3.27. The number of rotatable bonds is 13. The van der Waals surface area contributed by atoms with E-state index in [9.17, 15) is 24.9 Å². The van der Waals surface area contributed by atoms with E-state index in [0.717, 1.165) is 0 Å². The zero-order valence-corrected chi connectivity index (χ0v) is 21.2. The lowest BCUT2D eigenvalue weighted by Crippen LogP contribution is -2.56. The zero-order valence-electron chi connectivity index (χ0n) is 21.2. The Labute approximate surface area is 211 Å². The summed E-state index contributed by atoms with van der Waals surface area (Å²) < 4.78 is 17.1. The van der Waals surface area contributed by atoms with Crippen LogP contribution in [0.1, 0.15) is 50.2 Å². The number of amides is 2. The second-order valence-electron chi connectivity index (χ2n) is 8.90. The number of nitrogens with zero attached hydrogens (tertiary/aromatic N) is 1. The van der Waals surface area contributed by atoms with E-state index < -0.39 is 30.1 Å². The van der Waals surface area contributed by atoms with E-state index in [1.807, 2.05) is 13.8 Å². The highest BCUT2D eigenvalue weighted by molar-refractivity contribution is 5.96. The molecular weight excluding hydrogens is 468 g/mol. The van der Waals surface area contributed by atoms with E-state index in [1.165, 1.54) is 7.11 Å². The van der Waals surface area contributed by atoms with Crippen LogP contribution < -0.4 is 14.8 Å². The van der Waals surface area contributed by atoms with Gasteiger partial charge in [0.15, 0.2) is 11.5 Å². The van der Waals surface area contributed by atoms with Crippen molar-refractivity contribution in [1.29, 1.82) is 0 Å². The molecule has 1 aromatic carbocycles. The number of nitrogens with one attached hydrogen (secondary N) is 1. The van der Waals surface area contributed by atoms with Gasteiger partial charge in [-0.15, -0.1) is 0 Å². The summed E-state index contributed by atoms with van der Waals surface area (Å²) in [6, 6.07) is 2.60. The van der Waals surface area contributed by atoms with Gasteiger partial charge >= 0.3 is 0 Å². The summed E-state index contributed by atoms with van der Waals surface area (Å²) in [7, 11) is 1.48. The molecule has 1 aliphatic heterocycles. The number of carbonyl (C=O) groups is 2. The van der Waals surface area contributed by atoms with Gasteiger partial charge in [0.2, 0.25) is 11.8 Å². The van der Waals surface area contributed by atoms with Crippen LogP contribution in [0.25, 0.3) is 0 Å². The van der Waals surface area contributed by atoms with Crippen molar-refractivity contribution in [3.05, 3.63) is 34.9 Å². The molecule has 0 aromatic heterocycles. The van der Waals surface area contributed by atoms with Gasteiger partial charge in [-0.05, 0) is 43.5 Å². The fraction of sp³-hybridized carbons (Fsp3) is 0.615. The van der Waals surface area contributed by atoms with E-state index >= 15 is 0 Å². The first-order valence-electron chi connectivity index (χ1n) is 12.6. The minimum Gasteiger partial charge on any atom is -0.493 e. The first-order valence-corrected chi connectivity index (χ1v) is 12.6. The number of hydrogen-bond acceptors (Lipinski definition) is 8. The molecule has 1 aliphatic carbocycles. The van der Waals surface area contributed by atoms with Crippen LogP contribution in [0.3, 0.4) is 0 Å². The molecular formula is C26H38N2O8. The normalized spacial score (nSPS) is 22.2. The van der Waals surface area contributed by atoms with Crippen LogP contribution in [0.5, 0.6) is 11.5 Å². The molecule has 4 atom stereocenters. The van der Waals surface area contributed by atoms with Crippen LogP contribution in [0.4, 0.5) is 0 Å². The number of hydrogen-bond donors (Lipinski definition) is 4. The Balaban J connectivity index is 2.06. The van der Waals surface area contributed by atoms with Gasteiger partial charge in [0.25, 0.3) is 0 Å². The van der Waals surface area contributed by atoms with Crippen molar-refractivity contribution in [2.45, 2.75) is 63.9 Å². The van der Waals surface area contributed by atoms with Gasteiger partial charge in [0, 0.05) is 43.9 Å². The van der Waals surface area contributed by atoms with Gasteiger partial charge in [-0.2, -0.15) is 0 Å². The Morgan fingerprint density at radius 3 is 2.64 bits per heavy atom. The van der Waals surface area contributed by atoms with Crippen LogP contribution in [-0.4, -0.2) is 90.3 Å². The number of aliphatic hydroxyl groups is 3. The minimum absolute atomic E-state index is 0.0569. The molecule has 36 heavy (non-hydrogen) atoms. The molecule has 0 saturated carbocycles. The molecule has 1 aromatic rings. The van der Waals surface area contributed by atoms with Crippen LogP contribution in [-0.2, 0) is 20.9 Å². The first kappa shape index (κ1) is 27.9. The predicted octanol–water partition coefficient (Wildman–Crippen LogP) is 0.865. The van der Waals surface area contributed by atoms with Crippen molar-refractivity contribution >= 4 is 11.8 Å². The summed E-state index contributed by atoms with van der Waals surface area (Å²) in [5, 5.41) is 33.2. The quantitative estimate of drug-likeness (QED) is 0.289. The van der Waals surface area contributed by atoms with Crippen molar-refractivity contribution in [2.24, 2.45) is 0 Å². The molecule has 0 fully saturated rings. The lowest BCUT2D eigenvalue weighted by atomic mass is 9.77. The fourth-order valence-corrected chi connectivity index (χ4v) is 4.90. The van der Waals surface area contributed by atoms with Crippen LogP contribution in [0.15, 0.2) is 23.8 Å². The highest BCUT2D eigenvalue weighted by atomic mass is 16.5. The number of methoxy groups -OCH3 is 1. The highest BCUT2D eigenvalue weighted by Gasteiger charge is 2.51. The maximum atomic E-state index is 13.3. The number of aliphatic hydroxyl groups excluding tert-OH is 3. The van der Waals surface area contributed by atoms with Crippen molar-refractivity contribution in [3.63, 3.8) is 0 Å². The predicted molar refractivity (Wildman–Crippen MR) is 132 cm³/mol. The van der Waals surface area contributed by atoms with Gasteiger partial charge in [-0.25, -0.2) is 0 Å². The summed E-state index contributed by atoms with van der Waals surface area (Å²) in [6.45, 7) is 4.79. The second kappa shape index (κ2) is 13.0. The monoisotopic (exact) mass is 506 g/mol. The largest absolute Gasteiger partial charge is 0.493 e. The molecule has 2 aliphatic rings. The number of benzene rings is 1. The molecule has 0 bridgehead atoms. The van der Waals surface area contributed by atoms with Crippen LogP contribution in [0.2, 0.25) is 0 Å². The third kappa shape index (κ3) is 5.83. The van der Waals surface area contributed by atoms with Crippen molar-refractivity contribution in [3.8, 4) is 11.5 Å². The number of fused-ring (bicyclic) bond motifs is 3. The highest BCUT2D eigenvalue weighted by Crippen LogP contribution is 2.51. The van der Waals surface area contributed by atoms with Gasteiger partial charge in [0.05, 0.1) is 32.3 Å². The first-order chi connectivity index (χ1) is 17.4. The molecule has 3 rings (SSSR count). The SMILES string of the molecule is CCCC(=O)N(CCCOCC)[C@@H]1C=C(C(=O)NCCO)[C@@H]2c3cc(CO)cc(OC)c3O[C@@H]2[C@H]1O. The van der Waals surface area contributed by atoms with Crippen molar-refractivity contribution < 1.29 is 39.1 Å². The summed E-state index contributed by atoms with van der Waals surface area (Å²) in [4.78, 5) is 28.0. The van der Waals surface area contributed by atoms with Crippen molar-refractivity contribution in [1.82, 2.24) is 10.2 Å². The Morgan fingerprint density at radius 1 is 1.22 bits per heavy atom. The smallest absolute Gasteiger partial charge is 0.247 e. The van der Waals surface area contributed by atoms with E-state index in [2.05, 4.69) is 5.32 Å². The molecule has 0 saturated heterocycles. The lowest BCUT2D eigenvalue weighted by molar-refractivity contribution is -0.137. The molecule has 0 spiro atoms. The Morgan fingerprint density at radius 2 is 2.00 bits per heavy atom. The third-order valence-electron chi connectivity index (χ3n) is 6.53. The zero-order chi connectivity index (χ0) is 26.2. The number of carbonyl (C=O) groups excluding carboxylic acids is 2. The molecule has 0 radical (unpaired) electrons. The van der Waals surface area contributed by atoms with E-state index in [0.29, 0.717) is 67.2 Å². The van der Waals surface area contributed by atoms with Gasteiger partial charge in [0.1, 0.15) is 12.2 Å². The van der Waals surface area contributed by atoms with Gasteiger partial charge < -0.3 is 39.7 Å². The summed E-state index contributed by atoms with van der Waals surface area (Å²) in [5.74, 6) is -0.401. The van der Waals surface area contributed by atoms with Crippen molar-refractivity contribution in [2.75, 3.05) is 40.0 Å². The van der Waals surface area contributed by atoms with E-state index in [-0.39, 0.29) is 25.7 Å². The Bertz CT molecular complexity index is 950. The van der Waals surface area contributed by atoms with Gasteiger partial charge in [-0.1, -0.05) is 6.92 Å². The number of ether oxygens (including phenoxy) is 3. The average molecular weight is 507 g/mol. The van der Waals surface area contributed by atoms with Crippen LogP contribution in [0, 0.1) is 0 Å². The maximum absolute atomic E-state index is 13.3. The van der Waals surface area contributed by atoms with E-state index in [1.54, 1.807) is 23.1 Å². The lowest BCUT2D eigenvalue weighted by Gasteiger charge is -2.40. The summed E-state index contributed by atoms with van der Waals surface area (Å²) in [5.41, 5.74) is 1.53. The topological polar surface area (TPSA) is 138 Å².